The smallest absolute Gasteiger partial charge is 0.143 e. The zero-order chi connectivity index (χ0) is 32.3. The summed E-state index contributed by atoms with van der Waals surface area (Å²) >= 11 is 0. The number of furan rings is 1. The Hall–Kier alpha value is -6.44. The van der Waals surface area contributed by atoms with Crippen molar-refractivity contribution in [3.8, 4) is 44.5 Å². The number of para-hydroxylation sites is 2. The predicted molar refractivity (Wildman–Crippen MR) is 208 cm³/mol. The number of fused-ring (bicyclic) bond motifs is 6. The fourth-order valence-electron chi connectivity index (χ4n) is 7.86. The predicted octanol–water partition coefficient (Wildman–Crippen LogP) is 13.7. The van der Waals surface area contributed by atoms with Gasteiger partial charge in [-0.2, -0.15) is 0 Å². The van der Waals surface area contributed by atoms with E-state index in [4.69, 9.17) is 4.42 Å². The van der Waals surface area contributed by atoms with Gasteiger partial charge in [-0.05, 0) is 83.4 Å². The molecule has 0 saturated heterocycles. The van der Waals surface area contributed by atoms with Crippen LogP contribution in [0.15, 0.2) is 186 Å². The van der Waals surface area contributed by atoms with Crippen molar-refractivity contribution in [1.29, 1.82) is 0 Å². The molecule has 0 aliphatic rings. The monoisotopic (exact) mass is 622 g/mol. The lowest BCUT2D eigenvalue weighted by atomic mass is 9.85. The van der Waals surface area contributed by atoms with Gasteiger partial charge in [-0.3, -0.25) is 0 Å². The number of hydrogen-bond donors (Lipinski definition) is 0. The lowest BCUT2D eigenvalue weighted by Crippen LogP contribution is -1.91. The molecule has 0 aliphatic carbocycles. The molecule has 10 rings (SSSR count). The van der Waals surface area contributed by atoms with E-state index in [-0.39, 0.29) is 0 Å². The van der Waals surface area contributed by atoms with E-state index in [0.717, 1.165) is 33.1 Å². The third kappa shape index (κ3) is 4.40. The minimum Gasteiger partial charge on any atom is -0.455 e. The van der Waals surface area contributed by atoms with Crippen molar-refractivity contribution in [2.24, 2.45) is 0 Å². The molecule has 0 unspecified atom stereocenters. The summed E-state index contributed by atoms with van der Waals surface area (Å²) in [6.45, 7) is 0. The maximum absolute atomic E-state index is 6.45. The highest BCUT2D eigenvalue weighted by Crippen LogP contribution is 2.45. The van der Waals surface area contributed by atoms with E-state index in [9.17, 15) is 0 Å². The van der Waals surface area contributed by atoms with Gasteiger partial charge in [0.2, 0.25) is 0 Å². The Kier molecular flexibility index (Phi) is 6.25. The molecule has 0 bridgehead atoms. The first kappa shape index (κ1) is 27.7. The van der Waals surface area contributed by atoms with Gasteiger partial charge in [0.25, 0.3) is 0 Å². The second kappa shape index (κ2) is 11.1. The second-order valence-corrected chi connectivity index (χ2v) is 12.8. The van der Waals surface area contributed by atoms with Crippen molar-refractivity contribution in [2.75, 3.05) is 0 Å². The first-order valence-corrected chi connectivity index (χ1v) is 16.8. The number of rotatable bonds is 4. The van der Waals surface area contributed by atoms with Crippen molar-refractivity contribution in [2.45, 2.75) is 0 Å². The van der Waals surface area contributed by atoms with E-state index in [1.807, 2.05) is 12.1 Å². The Morgan fingerprint density at radius 2 is 0.776 bits per heavy atom. The van der Waals surface area contributed by atoms with Crippen LogP contribution in [0.2, 0.25) is 0 Å². The van der Waals surface area contributed by atoms with E-state index in [1.165, 1.54) is 65.7 Å². The molecule has 0 spiro atoms. The summed E-state index contributed by atoms with van der Waals surface area (Å²) in [6.07, 6.45) is 0. The van der Waals surface area contributed by atoms with Gasteiger partial charge in [0.05, 0.1) is 0 Å². The molecule has 10 aromatic rings. The summed E-state index contributed by atoms with van der Waals surface area (Å²) < 4.78 is 6.45. The van der Waals surface area contributed by atoms with Crippen molar-refractivity contribution < 1.29 is 4.42 Å². The van der Waals surface area contributed by atoms with Gasteiger partial charge in [0.15, 0.2) is 0 Å². The molecule has 1 heterocycles. The largest absolute Gasteiger partial charge is 0.455 e. The number of hydrogen-bond acceptors (Lipinski definition) is 1. The summed E-state index contributed by atoms with van der Waals surface area (Å²) in [6, 6.07) is 65.7. The van der Waals surface area contributed by atoms with Crippen LogP contribution in [0.1, 0.15) is 0 Å². The van der Waals surface area contributed by atoms with Crippen LogP contribution in [0, 0.1) is 0 Å². The van der Waals surface area contributed by atoms with Crippen molar-refractivity contribution in [3.05, 3.63) is 182 Å². The van der Waals surface area contributed by atoms with Crippen LogP contribution in [0.4, 0.5) is 0 Å². The maximum atomic E-state index is 6.45. The van der Waals surface area contributed by atoms with Gasteiger partial charge in [-0.15, -0.1) is 0 Å². The minimum absolute atomic E-state index is 0.916. The molecule has 0 atom stereocenters. The van der Waals surface area contributed by atoms with Crippen LogP contribution in [-0.2, 0) is 0 Å². The minimum atomic E-state index is 0.916. The topological polar surface area (TPSA) is 13.1 Å². The molecular weight excluding hydrogens is 593 g/mol. The Balaban J connectivity index is 1.16. The average molecular weight is 623 g/mol. The molecule has 0 amide bonds. The fraction of sp³-hybridized carbons (Fsp3) is 0. The molecule has 49 heavy (non-hydrogen) atoms. The summed E-state index contributed by atoms with van der Waals surface area (Å²) in [5.41, 5.74) is 11.5. The van der Waals surface area contributed by atoms with Gasteiger partial charge >= 0.3 is 0 Å². The summed E-state index contributed by atoms with van der Waals surface area (Å²) in [7, 11) is 0. The van der Waals surface area contributed by atoms with E-state index in [0.29, 0.717) is 0 Å². The first-order chi connectivity index (χ1) is 24.3. The SMILES string of the molecule is c1cc(-c2c3ccccc3c(-c3ccc(-c4cccc5ccccc45)cc3)c3ccccc23)cc(-c2cccc3c2oc2ccccc23)c1. The molecule has 9 aromatic carbocycles. The van der Waals surface area contributed by atoms with Crippen LogP contribution < -0.4 is 0 Å². The molecular formula is C48H30O. The highest BCUT2D eigenvalue weighted by molar-refractivity contribution is 6.21. The normalized spacial score (nSPS) is 11.7. The highest BCUT2D eigenvalue weighted by atomic mass is 16.3. The van der Waals surface area contributed by atoms with Gasteiger partial charge in [0.1, 0.15) is 11.2 Å². The summed E-state index contributed by atoms with van der Waals surface area (Å²) in [4.78, 5) is 0. The van der Waals surface area contributed by atoms with E-state index >= 15 is 0 Å². The lowest BCUT2D eigenvalue weighted by Gasteiger charge is -2.18. The molecule has 0 saturated carbocycles. The Morgan fingerprint density at radius 1 is 0.286 bits per heavy atom. The van der Waals surface area contributed by atoms with Gasteiger partial charge < -0.3 is 4.42 Å². The Morgan fingerprint density at radius 3 is 1.51 bits per heavy atom. The average Bonchev–Trinajstić information content (AvgIpc) is 3.56. The van der Waals surface area contributed by atoms with E-state index in [2.05, 4.69) is 170 Å². The van der Waals surface area contributed by atoms with Crippen LogP contribution in [0.25, 0.3) is 98.8 Å². The fourth-order valence-corrected chi connectivity index (χ4v) is 7.86. The van der Waals surface area contributed by atoms with Gasteiger partial charge in [-0.1, -0.05) is 170 Å². The number of benzene rings is 9. The van der Waals surface area contributed by atoms with Crippen LogP contribution in [0.5, 0.6) is 0 Å². The molecule has 0 radical (unpaired) electrons. The molecule has 0 fully saturated rings. The Bertz CT molecular complexity index is 2810. The molecule has 1 heteroatoms. The van der Waals surface area contributed by atoms with Crippen molar-refractivity contribution in [3.63, 3.8) is 0 Å². The zero-order valence-corrected chi connectivity index (χ0v) is 26.7. The molecule has 1 aromatic heterocycles. The first-order valence-electron chi connectivity index (χ1n) is 16.8. The standard InChI is InChI=1S/C48H30O/c1-2-16-36-31(12-1)13-10-22-37(36)32-26-28-33(29-27-32)46-40-18-3-5-20-42(40)47(43-21-6-4-19-41(43)46)35-15-9-14-34(30-35)38-23-11-24-44-39-17-7-8-25-45(39)49-48(38)44/h1-30H. The third-order valence-corrected chi connectivity index (χ3v) is 10.1. The third-order valence-electron chi connectivity index (χ3n) is 10.1. The van der Waals surface area contributed by atoms with Crippen LogP contribution in [0.3, 0.4) is 0 Å². The van der Waals surface area contributed by atoms with E-state index in [1.54, 1.807) is 0 Å². The summed E-state index contributed by atoms with van der Waals surface area (Å²) in [5.74, 6) is 0. The molecule has 1 nitrogen and oxygen atoms in total. The zero-order valence-electron chi connectivity index (χ0n) is 26.7. The van der Waals surface area contributed by atoms with Gasteiger partial charge in [-0.25, -0.2) is 0 Å². The quantitative estimate of drug-likeness (QED) is 0.178. The van der Waals surface area contributed by atoms with Crippen molar-refractivity contribution >= 4 is 54.3 Å². The second-order valence-electron chi connectivity index (χ2n) is 12.8. The highest BCUT2D eigenvalue weighted by Gasteiger charge is 2.18. The lowest BCUT2D eigenvalue weighted by molar-refractivity contribution is 0.670. The van der Waals surface area contributed by atoms with Gasteiger partial charge in [0, 0.05) is 16.3 Å². The Labute approximate surface area is 284 Å². The maximum Gasteiger partial charge on any atom is 0.143 e. The summed E-state index contributed by atoms with van der Waals surface area (Å²) in [5, 5.41) is 9.81. The molecule has 0 N–H and O–H groups in total. The van der Waals surface area contributed by atoms with E-state index < -0.39 is 0 Å². The van der Waals surface area contributed by atoms with Crippen molar-refractivity contribution in [1.82, 2.24) is 0 Å². The van der Waals surface area contributed by atoms with Crippen LogP contribution in [-0.4, -0.2) is 0 Å². The van der Waals surface area contributed by atoms with Crippen LogP contribution >= 0.6 is 0 Å². The molecule has 0 aliphatic heterocycles. The molecule has 228 valence electrons.